The first-order valence-corrected chi connectivity index (χ1v) is 9.28. The van der Waals surface area contributed by atoms with Crippen LogP contribution in [0.15, 0.2) is 18.2 Å². The Balaban J connectivity index is 1.51. The van der Waals surface area contributed by atoms with E-state index < -0.39 is 11.4 Å². The summed E-state index contributed by atoms with van der Waals surface area (Å²) >= 11 is 0. The van der Waals surface area contributed by atoms with Crippen LogP contribution in [0.2, 0.25) is 0 Å². The molecule has 0 spiro atoms. The number of carboxylic acid groups (broad SMARTS) is 1. The van der Waals surface area contributed by atoms with Crippen LogP contribution in [0, 0.1) is 18.3 Å². The lowest BCUT2D eigenvalue weighted by Gasteiger charge is -2.33. The van der Waals surface area contributed by atoms with Crippen LogP contribution in [0.25, 0.3) is 0 Å². The maximum absolute atomic E-state index is 12.8. The number of amides is 1. The van der Waals surface area contributed by atoms with Crippen LogP contribution in [0.1, 0.15) is 29.0 Å². The maximum Gasteiger partial charge on any atom is 0.313 e. The van der Waals surface area contributed by atoms with Crippen LogP contribution < -0.4 is 0 Å². The number of carbonyl (C=O) groups excluding carboxylic acids is 1. The Hall–Kier alpha value is -1.99. The van der Waals surface area contributed by atoms with Gasteiger partial charge in [-0.3, -0.25) is 14.5 Å². The Morgan fingerprint density at radius 2 is 2.00 bits per heavy atom. The first-order valence-electron chi connectivity index (χ1n) is 9.28. The summed E-state index contributed by atoms with van der Waals surface area (Å²) in [6, 6.07) is 5.76. The number of aromatic nitrogens is 1. The molecular weight excluding hydrogens is 334 g/mol. The number of hydrogen-bond acceptors (Lipinski definition) is 5. The molecule has 0 radical (unpaired) electrons. The van der Waals surface area contributed by atoms with Gasteiger partial charge in [-0.1, -0.05) is 6.07 Å². The molecule has 4 rings (SSSR count). The average molecular weight is 359 g/mol. The van der Waals surface area contributed by atoms with Crippen LogP contribution >= 0.6 is 0 Å². The van der Waals surface area contributed by atoms with E-state index in [-0.39, 0.29) is 18.4 Å². The average Bonchev–Trinajstić information content (AvgIpc) is 3.17. The molecule has 1 amide bonds. The fraction of sp³-hybridized carbons (Fsp3) is 0.632. The van der Waals surface area contributed by atoms with Crippen molar-refractivity contribution in [2.24, 2.45) is 11.3 Å². The zero-order chi connectivity index (χ0) is 18.3. The smallest absolute Gasteiger partial charge is 0.313 e. The minimum Gasteiger partial charge on any atom is -0.481 e. The van der Waals surface area contributed by atoms with E-state index in [4.69, 9.17) is 4.74 Å². The summed E-state index contributed by atoms with van der Waals surface area (Å²) in [6.45, 7) is 5.34. The lowest BCUT2D eigenvalue weighted by molar-refractivity contribution is -0.148. The number of fused-ring (bicyclic) bond motifs is 1. The van der Waals surface area contributed by atoms with Crippen LogP contribution in [-0.2, 0) is 9.53 Å². The molecule has 1 aromatic rings. The van der Waals surface area contributed by atoms with Crippen LogP contribution in [0.5, 0.6) is 0 Å². The maximum atomic E-state index is 12.8. The Bertz CT molecular complexity index is 718. The number of aryl methyl sites for hydroxylation is 1. The molecule has 0 bridgehead atoms. The minimum absolute atomic E-state index is 0.0309. The molecule has 140 valence electrons. The molecule has 4 heterocycles. The fourth-order valence-corrected chi connectivity index (χ4v) is 4.71. The molecule has 3 saturated heterocycles. The standard InChI is InChI=1S/C19H25N3O4/c1-13-3-2-4-16(20-13)17(23)22-10-14-9-21(15-5-7-26-8-6-15)11-19(14,12-22)18(24)25/h2-4,14-15H,5-12H2,1H3,(H,24,25)/t14-,19-/m1/s1. The third kappa shape index (κ3) is 2.89. The second-order valence-electron chi connectivity index (χ2n) is 7.78. The number of rotatable bonds is 3. The molecule has 3 fully saturated rings. The van der Waals surface area contributed by atoms with Crippen molar-refractivity contribution in [2.45, 2.75) is 25.8 Å². The van der Waals surface area contributed by atoms with Crippen LogP contribution in [0.4, 0.5) is 0 Å². The fourth-order valence-electron chi connectivity index (χ4n) is 4.71. The highest BCUT2D eigenvalue weighted by Gasteiger charge is 2.59. The van der Waals surface area contributed by atoms with E-state index in [1.54, 1.807) is 11.0 Å². The quantitative estimate of drug-likeness (QED) is 0.868. The van der Waals surface area contributed by atoms with Crippen molar-refractivity contribution in [3.05, 3.63) is 29.6 Å². The molecule has 0 aliphatic carbocycles. The summed E-state index contributed by atoms with van der Waals surface area (Å²) in [7, 11) is 0. The first kappa shape index (κ1) is 17.4. The van der Waals surface area contributed by atoms with Gasteiger partial charge in [-0.2, -0.15) is 0 Å². The lowest BCUT2D eigenvalue weighted by Crippen LogP contribution is -2.45. The van der Waals surface area contributed by atoms with Gasteiger partial charge in [0.05, 0.1) is 0 Å². The van der Waals surface area contributed by atoms with E-state index in [1.807, 2.05) is 19.1 Å². The van der Waals surface area contributed by atoms with Gasteiger partial charge in [-0.25, -0.2) is 4.98 Å². The van der Waals surface area contributed by atoms with Crippen molar-refractivity contribution in [2.75, 3.05) is 39.4 Å². The van der Waals surface area contributed by atoms with Gasteiger partial charge < -0.3 is 14.7 Å². The summed E-state index contributed by atoms with van der Waals surface area (Å²) in [5.41, 5.74) is 0.318. The monoisotopic (exact) mass is 359 g/mol. The Labute approximate surface area is 152 Å². The molecule has 3 aliphatic rings. The van der Waals surface area contributed by atoms with E-state index in [2.05, 4.69) is 9.88 Å². The van der Waals surface area contributed by atoms with Crippen molar-refractivity contribution in [3.8, 4) is 0 Å². The molecule has 7 nitrogen and oxygen atoms in total. The van der Waals surface area contributed by atoms with Crippen molar-refractivity contribution in [1.29, 1.82) is 0 Å². The van der Waals surface area contributed by atoms with Gasteiger partial charge >= 0.3 is 5.97 Å². The van der Waals surface area contributed by atoms with Gasteiger partial charge in [-0.15, -0.1) is 0 Å². The first-order chi connectivity index (χ1) is 12.5. The summed E-state index contributed by atoms with van der Waals surface area (Å²) in [6.07, 6.45) is 1.91. The Morgan fingerprint density at radius 1 is 1.23 bits per heavy atom. The number of aliphatic carboxylic acids is 1. The largest absolute Gasteiger partial charge is 0.481 e. The molecular formula is C19H25N3O4. The number of carbonyl (C=O) groups is 2. The Morgan fingerprint density at radius 3 is 2.65 bits per heavy atom. The zero-order valence-electron chi connectivity index (χ0n) is 15.1. The predicted molar refractivity (Wildman–Crippen MR) is 93.9 cm³/mol. The summed E-state index contributed by atoms with van der Waals surface area (Å²) < 4.78 is 5.43. The Kier molecular flexibility index (Phi) is 4.44. The van der Waals surface area contributed by atoms with Gasteiger partial charge in [-0.05, 0) is 31.9 Å². The summed E-state index contributed by atoms with van der Waals surface area (Å²) in [4.78, 5) is 33.3. The minimum atomic E-state index is -0.863. The topological polar surface area (TPSA) is 83.0 Å². The molecule has 0 saturated carbocycles. The summed E-state index contributed by atoms with van der Waals surface area (Å²) in [5.74, 6) is -0.984. The van der Waals surface area contributed by atoms with Crippen molar-refractivity contribution >= 4 is 11.9 Å². The van der Waals surface area contributed by atoms with Gasteiger partial charge in [0.1, 0.15) is 11.1 Å². The SMILES string of the molecule is Cc1cccc(C(=O)N2C[C@H]3CN(C4CCOCC4)C[C@@]3(C(=O)O)C2)n1. The summed E-state index contributed by atoms with van der Waals surface area (Å²) in [5, 5.41) is 10.00. The molecule has 0 unspecified atom stereocenters. The third-order valence-electron chi connectivity index (χ3n) is 6.16. The van der Waals surface area contributed by atoms with E-state index in [1.165, 1.54) is 0 Å². The number of ether oxygens (including phenoxy) is 1. The second-order valence-corrected chi connectivity index (χ2v) is 7.78. The van der Waals surface area contributed by atoms with E-state index in [0.29, 0.717) is 24.8 Å². The van der Waals surface area contributed by atoms with E-state index in [0.717, 1.165) is 38.3 Å². The molecule has 1 aromatic heterocycles. The van der Waals surface area contributed by atoms with Crippen molar-refractivity contribution in [3.63, 3.8) is 0 Å². The third-order valence-corrected chi connectivity index (χ3v) is 6.16. The number of pyridine rings is 1. The number of hydrogen-bond donors (Lipinski definition) is 1. The van der Waals surface area contributed by atoms with Crippen molar-refractivity contribution < 1.29 is 19.4 Å². The van der Waals surface area contributed by atoms with Gasteiger partial charge in [0.2, 0.25) is 0 Å². The van der Waals surface area contributed by atoms with Gasteiger partial charge in [0, 0.05) is 57.0 Å². The highest BCUT2D eigenvalue weighted by molar-refractivity contribution is 5.93. The van der Waals surface area contributed by atoms with Crippen LogP contribution in [-0.4, -0.2) is 77.2 Å². The lowest BCUT2D eigenvalue weighted by atomic mass is 9.81. The molecule has 2 atom stereocenters. The zero-order valence-corrected chi connectivity index (χ0v) is 15.1. The van der Waals surface area contributed by atoms with Gasteiger partial charge in [0.25, 0.3) is 5.91 Å². The van der Waals surface area contributed by atoms with Gasteiger partial charge in [0.15, 0.2) is 0 Å². The molecule has 3 aliphatic heterocycles. The van der Waals surface area contributed by atoms with Crippen molar-refractivity contribution in [1.82, 2.24) is 14.8 Å². The molecule has 0 aromatic carbocycles. The molecule has 26 heavy (non-hydrogen) atoms. The highest BCUT2D eigenvalue weighted by atomic mass is 16.5. The predicted octanol–water partition coefficient (Wildman–Crippen LogP) is 1.03. The number of nitrogens with zero attached hydrogens (tertiary/aromatic N) is 3. The number of carboxylic acids is 1. The van der Waals surface area contributed by atoms with E-state index in [9.17, 15) is 14.7 Å². The normalized spacial score (nSPS) is 29.7. The second kappa shape index (κ2) is 6.63. The van der Waals surface area contributed by atoms with Crippen LogP contribution in [0.3, 0.4) is 0 Å². The van der Waals surface area contributed by atoms with E-state index >= 15 is 0 Å². The highest BCUT2D eigenvalue weighted by Crippen LogP contribution is 2.44. The molecule has 7 heteroatoms. The molecule has 1 N–H and O–H groups in total. The number of likely N-dealkylation sites (tertiary alicyclic amines) is 2.